The minimum Gasteiger partial charge on any atom is -0.387 e. The Morgan fingerprint density at radius 1 is 1.44 bits per heavy atom. The summed E-state index contributed by atoms with van der Waals surface area (Å²) in [6, 6.07) is 0. The van der Waals surface area contributed by atoms with Crippen LogP contribution in [0, 0.1) is 10.8 Å². The molecule has 18 heavy (non-hydrogen) atoms. The Morgan fingerprint density at radius 2 is 2.00 bits per heavy atom. The third kappa shape index (κ3) is 3.66. The lowest BCUT2D eigenvalue weighted by Crippen LogP contribution is -2.47. The van der Waals surface area contributed by atoms with E-state index in [0.29, 0.717) is 32.5 Å². The van der Waals surface area contributed by atoms with E-state index in [1.165, 1.54) is 4.31 Å². The van der Waals surface area contributed by atoms with Gasteiger partial charge in [0.25, 0.3) is 0 Å². The van der Waals surface area contributed by atoms with Crippen molar-refractivity contribution in [1.29, 1.82) is 5.41 Å². The molecule has 3 N–H and O–H groups in total. The van der Waals surface area contributed by atoms with Crippen molar-refractivity contribution in [2.75, 3.05) is 32.1 Å². The van der Waals surface area contributed by atoms with Gasteiger partial charge in [0.15, 0.2) is 0 Å². The van der Waals surface area contributed by atoms with E-state index >= 15 is 0 Å². The first-order valence-corrected chi connectivity index (χ1v) is 7.83. The highest BCUT2D eigenvalue weighted by molar-refractivity contribution is 7.89. The lowest BCUT2D eigenvalue weighted by Gasteiger charge is -2.37. The van der Waals surface area contributed by atoms with Gasteiger partial charge in [0.1, 0.15) is 0 Å². The molecule has 1 aliphatic heterocycles. The maximum Gasteiger partial charge on any atom is 0.216 e. The van der Waals surface area contributed by atoms with Crippen molar-refractivity contribution in [3.63, 3.8) is 0 Å². The summed E-state index contributed by atoms with van der Waals surface area (Å²) in [6.07, 6.45) is 1.21. The van der Waals surface area contributed by atoms with Gasteiger partial charge in [0.2, 0.25) is 10.0 Å². The summed E-state index contributed by atoms with van der Waals surface area (Å²) >= 11 is 0. The van der Waals surface area contributed by atoms with Crippen LogP contribution in [0.1, 0.15) is 26.7 Å². The van der Waals surface area contributed by atoms with E-state index in [-0.39, 0.29) is 23.6 Å². The number of nitrogens with zero attached hydrogens (tertiary/aromatic N) is 1. The lowest BCUT2D eigenvalue weighted by atomic mass is 9.80. The van der Waals surface area contributed by atoms with Gasteiger partial charge in [-0.1, -0.05) is 6.92 Å². The second-order valence-corrected chi connectivity index (χ2v) is 6.97. The molecule has 1 saturated heterocycles. The Balaban J connectivity index is 2.54. The van der Waals surface area contributed by atoms with Gasteiger partial charge >= 0.3 is 0 Å². The number of hydrogen-bond donors (Lipinski definition) is 2. The van der Waals surface area contributed by atoms with Gasteiger partial charge in [-0.2, -0.15) is 0 Å². The Morgan fingerprint density at radius 3 is 2.44 bits per heavy atom. The second-order valence-electron chi connectivity index (χ2n) is 4.89. The monoisotopic (exact) mass is 277 g/mol. The van der Waals surface area contributed by atoms with Crippen molar-refractivity contribution in [3.8, 4) is 0 Å². The molecule has 0 saturated carbocycles. The highest BCUT2D eigenvalue weighted by atomic mass is 32.2. The molecule has 0 aliphatic carbocycles. The molecule has 7 heteroatoms. The zero-order chi connectivity index (χ0) is 13.8. The molecule has 0 radical (unpaired) electrons. The van der Waals surface area contributed by atoms with Gasteiger partial charge in [0, 0.05) is 25.1 Å². The van der Waals surface area contributed by atoms with Crippen LogP contribution in [-0.2, 0) is 14.8 Å². The first-order valence-electron chi connectivity index (χ1n) is 6.22. The maximum absolute atomic E-state index is 12.0. The normalized spacial score (nSPS) is 20.8. The number of ether oxygens (including phenoxy) is 1. The number of hydrogen-bond acceptors (Lipinski definition) is 4. The highest BCUT2D eigenvalue weighted by Crippen LogP contribution is 2.31. The lowest BCUT2D eigenvalue weighted by molar-refractivity contribution is 0.161. The predicted octanol–water partition coefficient (Wildman–Crippen LogP) is 0.391. The fraction of sp³-hybridized carbons (Fsp3) is 0.909. The average Bonchev–Trinajstić information content (AvgIpc) is 2.29. The molecule has 0 amide bonds. The molecule has 106 valence electrons. The molecule has 1 fully saturated rings. The number of amidine groups is 1. The van der Waals surface area contributed by atoms with Gasteiger partial charge in [-0.25, -0.2) is 12.7 Å². The van der Waals surface area contributed by atoms with Crippen molar-refractivity contribution in [2.24, 2.45) is 11.1 Å². The van der Waals surface area contributed by atoms with Crippen LogP contribution in [-0.4, -0.2) is 50.6 Å². The molecular formula is C11H23N3O3S. The van der Waals surface area contributed by atoms with Crippen LogP contribution in [0.2, 0.25) is 0 Å². The quantitative estimate of drug-likeness (QED) is 0.417. The van der Waals surface area contributed by atoms with Crippen molar-refractivity contribution in [3.05, 3.63) is 0 Å². The van der Waals surface area contributed by atoms with Crippen molar-refractivity contribution >= 4 is 15.9 Å². The van der Waals surface area contributed by atoms with Crippen LogP contribution in [0.15, 0.2) is 0 Å². The van der Waals surface area contributed by atoms with Crippen LogP contribution in [0.25, 0.3) is 0 Å². The molecule has 0 unspecified atom stereocenters. The number of nitrogens with one attached hydrogen (secondary N) is 1. The van der Waals surface area contributed by atoms with Crippen LogP contribution < -0.4 is 5.73 Å². The molecule has 0 atom stereocenters. The van der Waals surface area contributed by atoms with Gasteiger partial charge in [0.05, 0.1) is 18.2 Å². The van der Waals surface area contributed by atoms with Crippen LogP contribution >= 0.6 is 0 Å². The minimum absolute atomic E-state index is 0.0254. The second kappa shape index (κ2) is 5.99. The van der Waals surface area contributed by atoms with Crippen LogP contribution in [0.4, 0.5) is 0 Å². The van der Waals surface area contributed by atoms with E-state index in [2.05, 4.69) is 0 Å². The summed E-state index contributed by atoms with van der Waals surface area (Å²) in [5.74, 6) is 0.173. The molecule has 6 nitrogen and oxygen atoms in total. The van der Waals surface area contributed by atoms with E-state index in [1.807, 2.05) is 13.8 Å². The topological polar surface area (TPSA) is 96.5 Å². The highest BCUT2D eigenvalue weighted by Gasteiger charge is 2.36. The Hall–Kier alpha value is -0.660. The van der Waals surface area contributed by atoms with Gasteiger partial charge < -0.3 is 10.5 Å². The summed E-state index contributed by atoms with van der Waals surface area (Å²) < 4.78 is 30.6. The summed E-state index contributed by atoms with van der Waals surface area (Å²) in [7, 11) is -3.23. The third-order valence-corrected chi connectivity index (χ3v) is 5.39. The summed E-state index contributed by atoms with van der Waals surface area (Å²) in [6.45, 7) is 5.39. The van der Waals surface area contributed by atoms with Crippen LogP contribution in [0.3, 0.4) is 0 Å². The molecular weight excluding hydrogens is 254 g/mol. The van der Waals surface area contributed by atoms with E-state index < -0.39 is 10.0 Å². The molecule has 0 aromatic carbocycles. The number of piperidine rings is 1. The summed E-state index contributed by atoms with van der Waals surface area (Å²) in [5, 5.41) is 7.53. The van der Waals surface area contributed by atoms with E-state index in [9.17, 15) is 8.42 Å². The molecule has 0 spiro atoms. The molecule has 1 aliphatic rings. The number of rotatable bonds is 6. The number of sulfonamides is 1. The van der Waals surface area contributed by atoms with Crippen molar-refractivity contribution in [1.82, 2.24) is 4.31 Å². The smallest absolute Gasteiger partial charge is 0.216 e. The zero-order valence-corrected chi connectivity index (χ0v) is 11.9. The molecule has 0 aromatic heterocycles. The fourth-order valence-electron chi connectivity index (χ4n) is 1.96. The largest absolute Gasteiger partial charge is 0.387 e. The Kier molecular flexibility index (Phi) is 5.12. The number of nitrogens with two attached hydrogens (primary N) is 1. The average molecular weight is 277 g/mol. The van der Waals surface area contributed by atoms with E-state index in [1.54, 1.807) is 0 Å². The maximum atomic E-state index is 12.0. The molecule has 1 rings (SSSR count). The zero-order valence-electron chi connectivity index (χ0n) is 11.1. The third-order valence-electron chi connectivity index (χ3n) is 3.56. The van der Waals surface area contributed by atoms with Crippen molar-refractivity contribution < 1.29 is 13.2 Å². The standard InChI is InChI=1S/C11H23N3O3S/c1-3-17-8-9-18(15,16)14-6-4-11(2,5-7-14)10(12)13/h3-9H2,1-2H3,(H3,12,13). The van der Waals surface area contributed by atoms with E-state index in [0.717, 1.165) is 0 Å². The molecule has 0 bridgehead atoms. The van der Waals surface area contributed by atoms with Gasteiger partial charge in [-0.15, -0.1) is 0 Å². The van der Waals surface area contributed by atoms with Gasteiger partial charge in [-0.05, 0) is 19.8 Å². The summed E-state index contributed by atoms with van der Waals surface area (Å²) in [5.41, 5.74) is 5.19. The first-order chi connectivity index (χ1) is 8.32. The minimum atomic E-state index is -3.23. The van der Waals surface area contributed by atoms with E-state index in [4.69, 9.17) is 15.9 Å². The Labute approximate surface area is 109 Å². The molecule has 0 aromatic rings. The van der Waals surface area contributed by atoms with Crippen molar-refractivity contribution in [2.45, 2.75) is 26.7 Å². The predicted molar refractivity (Wildman–Crippen MR) is 71.1 cm³/mol. The SMILES string of the molecule is CCOCCS(=O)(=O)N1CCC(C)(C(=N)N)CC1. The fourth-order valence-corrected chi connectivity index (χ4v) is 3.29. The molecule has 1 heterocycles. The summed E-state index contributed by atoms with van der Waals surface area (Å²) in [4.78, 5) is 0. The Bertz CT molecular complexity index is 386. The van der Waals surface area contributed by atoms with Crippen LogP contribution in [0.5, 0.6) is 0 Å². The van der Waals surface area contributed by atoms with Gasteiger partial charge in [-0.3, -0.25) is 5.41 Å². The first kappa shape index (κ1) is 15.4.